The Morgan fingerprint density at radius 1 is 1.16 bits per heavy atom. The summed E-state index contributed by atoms with van der Waals surface area (Å²) >= 11 is 5.00. The predicted octanol–water partition coefficient (Wildman–Crippen LogP) is 5.71. The number of nitrogens with one attached hydrogen (secondary N) is 1. The van der Waals surface area contributed by atoms with Crippen molar-refractivity contribution in [2.24, 2.45) is 0 Å². The zero-order chi connectivity index (χ0) is 22.1. The average Bonchev–Trinajstić information content (AvgIpc) is 3.13. The standard InChI is InChI=1S/C24H22BrN3O2S/c1-4-19-21(16-7-9-17(25)10-8-16)22-23(31-19)26-13-28(24(22)30)12-20(29)27-18-11-14(2)5-6-15(18)3/h5-11,13H,4,12H2,1-3H3,(H,27,29). The van der Waals surface area contributed by atoms with Gasteiger partial charge in [-0.15, -0.1) is 11.3 Å². The summed E-state index contributed by atoms with van der Waals surface area (Å²) in [6.45, 7) is 5.90. The Hall–Kier alpha value is -2.77. The minimum Gasteiger partial charge on any atom is -0.324 e. The second-order valence-corrected chi connectivity index (χ2v) is 9.48. The molecule has 0 radical (unpaired) electrons. The van der Waals surface area contributed by atoms with Crippen molar-refractivity contribution >= 4 is 49.1 Å². The molecule has 0 saturated carbocycles. The molecule has 5 nitrogen and oxygen atoms in total. The molecule has 0 atom stereocenters. The smallest absolute Gasteiger partial charge is 0.263 e. The van der Waals surface area contributed by atoms with Gasteiger partial charge in [0.05, 0.1) is 11.7 Å². The van der Waals surface area contributed by atoms with Crippen molar-refractivity contribution in [1.82, 2.24) is 9.55 Å². The summed E-state index contributed by atoms with van der Waals surface area (Å²) in [6, 6.07) is 13.8. The topological polar surface area (TPSA) is 64.0 Å². The Morgan fingerprint density at radius 3 is 2.61 bits per heavy atom. The van der Waals surface area contributed by atoms with E-state index in [0.717, 1.165) is 43.7 Å². The van der Waals surface area contributed by atoms with Crippen molar-refractivity contribution < 1.29 is 4.79 Å². The van der Waals surface area contributed by atoms with Gasteiger partial charge in [-0.2, -0.15) is 0 Å². The molecule has 0 aliphatic rings. The number of rotatable bonds is 5. The first kappa shape index (κ1) is 21.5. The molecule has 31 heavy (non-hydrogen) atoms. The number of carbonyl (C=O) groups is 1. The number of fused-ring (bicyclic) bond motifs is 1. The van der Waals surface area contributed by atoms with Crippen LogP contribution in [0.5, 0.6) is 0 Å². The van der Waals surface area contributed by atoms with Crippen LogP contribution in [0.3, 0.4) is 0 Å². The summed E-state index contributed by atoms with van der Waals surface area (Å²) in [5.41, 5.74) is 4.48. The highest BCUT2D eigenvalue weighted by Crippen LogP contribution is 2.36. The summed E-state index contributed by atoms with van der Waals surface area (Å²) in [4.78, 5) is 32.4. The molecule has 7 heteroatoms. The molecule has 1 amide bonds. The van der Waals surface area contributed by atoms with Gasteiger partial charge in [-0.05, 0) is 55.2 Å². The Bertz CT molecular complexity index is 1340. The van der Waals surface area contributed by atoms with E-state index < -0.39 is 0 Å². The average molecular weight is 496 g/mol. The van der Waals surface area contributed by atoms with Crippen molar-refractivity contribution in [1.29, 1.82) is 0 Å². The molecular weight excluding hydrogens is 474 g/mol. The summed E-state index contributed by atoms with van der Waals surface area (Å²) in [5.74, 6) is -0.256. The summed E-state index contributed by atoms with van der Waals surface area (Å²) in [6.07, 6.45) is 2.27. The zero-order valence-corrected chi connectivity index (χ0v) is 19.9. The zero-order valence-electron chi connectivity index (χ0n) is 17.5. The van der Waals surface area contributed by atoms with Gasteiger partial charge in [0.2, 0.25) is 5.91 Å². The second-order valence-electron chi connectivity index (χ2n) is 7.49. The van der Waals surface area contributed by atoms with E-state index in [-0.39, 0.29) is 18.0 Å². The van der Waals surface area contributed by atoms with Gasteiger partial charge in [0.15, 0.2) is 0 Å². The van der Waals surface area contributed by atoms with Gasteiger partial charge in [-0.1, -0.05) is 47.1 Å². The summed E-state index contributed by atoms with van der Waals surface area (Å²) in [7, 11) is 0. The van der Waals surface area contributed by atoms with Gasteiger partial charge in [0.1, 0.15) is 11.4 Å². The van der Waals surface area contributed by atoms with Crippen LogP contribution < -0.4 is 10.9 Å². The maximum atomic E-state index is 13.4. The third-order valence-electron chi connectivity index (χ3n) is 5.19. The summed E-state index contributed by atoms with van der Waals surface area (Å²) < 4.78 is 2.37. The van der Waals surface area contributed by atoms with Crippen molar-refractivity contribution in [2.45, 2.75) is 33.7 Å². The molecule has 2 heterocycles. The monoisotopic (exact) mass is 495 g/mol. The van der Waals surface area contributed by atoms with Gasteiger partial charge in [0.25, 0.3) is 5.56 Å². The molecule has 4 rings (SSSR count). The van der Waals surface area contributed by atoms with Crippen molar-refractivity contribution in [3.63, 3.8) is 0 Å². The van der Waals surface area contributed by atoms with Gasteiger partial charge in [-0.25, -0.2) is 4.98 Å². The van der Waals surface area contributed by atoms with Crippen molar-refractivity contribution in [3.05, 3.63) is 79.6 Å². The molecule has 0 aliphatic carbocycles. The van der Waals surface area contributed by atoms with E-state index in [4.69, 9.17) is 0 Å². The fraction of sp³-hybridized carbons (Fsp3) is 0.208. The summed E-state index contributed by atoms with van der Waals surface area (Å²) in [5, 5.41) is 3.49. The number of benzene rings is 2. The number of carbonyl (C=O) groups excluding carboxylic acids is 1. The minimum absolute atomic E-state index is 0.0910. The van der Waals surface area contributed by atoms with Gasteiger partial charge >= 0.3 is 0 Å². The Balaban J connectivity index is 1.73. The lowest BCUT2D eigenvalue weighted by Gasteiger charge is -2.11. The lowest BCUT2D eigenvalue weighted by atomic mass is 10.0. The van der Waals surface area contributed by atoms with Crippen LogP contribution in [0.15, 0.2) is 58.1 Å². The SMILES string of the molecule is CCc1sc2ncn(CC(=O)Nc3cc(C)ccc3C)c(=O)c2c1-c1ccc(Br)cc1. The van der Waals surface area contributed by atoms with Crippen molar-refractivity contribution in [3.8, 4) is 11.1 Å². The highest BCUT2D eigenvalue weighted by atomic mass is 79.9. The molecule has 0 unspecified atom stereocenters. The van der Waals surface area contributed by atoms with Crippen LogP contribution in [0.1, 0.15) is 22.9 Å². The van der Waals surface area contributed by atoms with Gasteiger partial charge < -0.3 is 5.32 Å². The van der Waals surface area contributed by atoms with Gasteiger partial charge in [-0.3, -0.25) is 14.2 Å². The van der Waals surface area contributed by atoms with E-state index in [0.29, 0.717) is 10.2 Å². The van der Waals surface area contributed by atoms with E-state index in [1.807, 2.05) is 56.3 Å². The first-order valence-electron chi connectivity index (χ1n) is 10.0. The van der Waals surface area contributed by atoms with E-state index in [1.54, 1.807) is 0 Å². The van der Waals surface area contributed by atoms with E-state index in [9.17, 15) is 9.59 Å². The van der Waals surface area contributed by atoms with Crippen LogP contribution in [0.25, 0.3) is 21.3 Å². The van der Waals surface area contributed by atoms with E-state index in [2.05, 4.69) is 33.2 Å². The molecule has 2 aromatic carbocycles. The number of thiophene rings is 1. The molecule has 0 bridgehead atoms. The first-order chi connectivity index (χ1) is 14.9. The van der Waals surface area contributed by atoms with Crippen LogP contribution in [0.4, 0.5) is 5.69 Å². The number of anilines is 1. The molecule has 1 N–H and O–H groups in total. The van der Waals surface area contributed by atoms with Crippen LogP contribution in [-0.2, 0) is 17.8 Å². The molecule has 158 valence electrons. The number of aryl methyl sites for hydroxylation is 3. The Kier molecular flexibility index (Phi) is 6.07. The number of amides is 1. The molecule has 0 aliphatic heterocycles. The molecule has 0 saturated heterocycles. The minimum atomic E-state index is -0.256. The van der Waals surface area contributed by atoms with E-state index in [1.165, 1.54) is 22.2 Å². The van der Waals surface area contributed by atoms with Crippen molar-refractivity contribution in [2.75, 3.05) is 5.32 Å². The Morgan fingerprint density at radius 2 is 1.90 bits per heavy atom. The van der Waals surface area contributed by atoms with E-state index >= 15 is 0 Å². The third kappa shape index (κ3) is 4.34. The fourth-order valence-corrected chi connectivity index (χ4v) is 4.93. The molecule has 4 aromatic rings. The number of aromatic nitrogens is 2. The van der Waals surface area contributed by atoms with Crippen LogP contribution in [0.2, 0.25) is 0 Å². The first-order valence-corrected chi connectivity index (χ1v) is 11.6. The molecular formula is C24H22BrN3O2S. The quantitative estimate of drug-likeness (QED) is 0.385. The maximum Gasteiger partial charge on any atom is 0.263 e. The normalized spacial score (nSPS) is 11.1. The highest BCUT2D eigenvalue weighted by Gasteiger charge is 2.19. The molecule has 0 fully saturated rings. The highest BCUT2D eigenvalue weighted by molar-refractivity contribution is 9.10. The van der Waals surface area contributed by atoms with Gasteiger partial charge in [0, 0.05) is 20.6 Å². The second kappa shape index (κ2) is 8.77. The molecule has 0 spiro atoms. The lowest BCUT2D eigenvalue weighted by Crippen LogP contribution is -2.28. The third-order valence-corrected chi connectivity index (χ3v) is 6.96. The number of hydrogen-bond donors (Lipinski definition) is 1. The number of hydrogen-bond acceptors (Lipinski definition) is 4. The predicted molar refractivity (Wildman–Crippen MR) is 131 cm³/mol. The lowest BCUT2D eigenvalue weighted by molar-refractivity contribution is -0.116. The number of halogens is 1. The maximum absolute atomic E-state index is 13.4. The van der Waals surface area contributed by atoms with Crippen LogP contribution in [0, 0.1) is 13.8 Å². The van der Waals surface area contributed by atoms with Crippen LogP contribution >= 0.6 is 27.3 Å². The molecule has 2 aromatic heterocycles. The largest absolute Gasteiger partial charge is 0.324 e. The fourth-order valence-electron chi connectivity index (χ4n) is 3.57. The Labute approximate surface area is 192 Å². The number of nitrogens with zero attached hydrogens (tertiary/aromatic N) is 2. The van der Waals surface area contributed by atoms with Crippen LogP contribution in [-0.4, -0.2) is 15.5 Å².